The van der Waals surface area contributed by atoms with E-state index in [9.17, 15) is 13.2 Å². The van der Waals surface area contributed by atoms with Crippen LogP contribution in [0.25, 0.3) is 0 Å². The summed E-state index contributed by atoms with van der Waals surface area (Å²) < 4.78 is 24.9. The van der Waals surface area contributed by atoms with Crippen LogP contribution in [0.2, 0.25) is 0 Å². The molecule has 2 atom stereocenters. The quantitative estimate of drug-likeness (QED) is 0.778. The number of hydrogen-bond acceptors (Lipinski definition) is 5. The second kappa shape index (κ2) is 8.36. The number of rotatable bonds is 6. The monoisotopic (exact) mass is 370 g/mol. The molecule has 0 spiro atoms. The van der Waals surface area contributed by atoms with Gasteiger partial charge in [-0.15, -0.1) is 11.8 Å². The van der Waals surface area contributed by atoms with E-state index < -0.39 is 9.84 Å². The number of hydrogen-bond donors (Lipinski definition) is 1. The average Bonchev–Trinajstić information content (AvgIpc) is 2.55. The molecule has 0 radical (unpaired) electrons. The molecular formula is C17H26N2O3S2. The van der Waals surface area contributed by atoms with Gasteiger partial charge in [-0.25, -0.2) is 8.42 Å². The van der Waals surface area contributed by atoms with Crippen molar-refractivity contribution in [2.45, 2.75) is 48.3 Å². The largest absolute Gasteiger partial charge is 0.336 e. The van der Waals surface area contributed by atoms with Gasteiger partial charge in [0.25, 0.3) is 0 Å². The molecule has 134 valence electrons. The molecule has 0 saturated carbocycles. The van der Waals surface area contributed by atoms with Crippen molar-refractivity contribution < 1.29 is 13.2 Å². The van der Waals surface area contributed by atoms with Gasteiger partial charge in [-0.3, -0.25) is 4.79 Å². The third-order valence-electron chi connectivity index (χ3n) is 4.09. The van der Waals surface area contributed by atoms with Gasteiger partial charge in [0.15, 0.2) is 9.84 Å². The minimum absolute atomic E-state index is 0.0664. The van der Waals surface area contributed by atoms with Crippen LogP contribution in [0, 0.1) is 0 Å². The van der Waals surface area contributed by atoms with Gasteiger partial charge in [0, 0.05) is 30.6 Å². The van der Waals surface area contributed by atoms with E-state index in [1.165, 1.54) is 11.8 Å². The molecule has 1 unspecified atom stereocenters. The Labute approximate surface area is 149 Å². The average molecular weight is 371 g/mol. The Morgan fingerprint density at radius 1 is 1.42 bits per heavy atom. The third-order valence-corrected chi connectivity index (χ3v) is 7.36. The van der Waals surface area contributed by atoms with Gasteiger partial charge in [0.2, 0.25) is 5.91 Å². The Morgan fingerprint density at radius 2 is 2.12 bits per heavy atom. The van der Waals surface area contributed by atoms with E-state index >= 15 is 0 Å². The van der Waals surface area contributed by atoms with Crippen LogP contribution >= 0.6 is 11.8 Å². The van der Waals surface area contributed by atoms with E-state index in [-0.39, 0.29) is 23.0 Å². The zero-order chi connectivity index (χ0) is 17.7. The molecule has 1 N–H and O–H groups in total. The van der Waals surface area contributed by atoms with Crippen LogP contribution in [-0.4, -0.2) is 55.9 Å². The topological polar surface area (TPSA) is 66.5 Å². The number of benzene rings is 1. The molecular weight excluding hydrogens is 344 g/mol. The van der Waals surface area contributed by atoms with Crippen LogP contribution in [0.4, 0.5) is 0 Å². The third kappa shape index (κ3) is 4.52. The first-order chi connectivity index (χ1) is 11.4. The second-order valence-corrected chi connectivity index (χ2v) is 9.57. The molecule has 2 rings (SSSR count). The standard InChI is InChI=1S/C17H26N2O3S2/c1-4-11-24(21,22)16-8-6-5-7-15(16)23-14(3)17(20)19-10-9-18-12-13(19)2/h5-8,13-14,18H,4,9-12H2,1-3H3/t13-,14?/m1/s1. The Morgan fingerprint density at radius 3 is 2.79 bits per heavy atom. The van der Waals surface area contributed by atoms with Crippen molar-refractivity contribution >= 4 is 27.5 Å². The number of carbonyl (C=O) groups excluding carboxylic acids is 1. The maximum absolute atomic E-state index is 12.7. The van der Waals surface area contributed by atoms with E-state index in [0.717, 1.165) is 13.1 Å². The fraction of sp³-hybridized carbons (Fsp3) is 0.588. The highest BCUT2D eigenvalue weighted by molar-refractivity contribution is 8.01. The minimum atomic E-state index is -3.30. The molecule has 1 aliphatic heterocycles. The van der Waals surface area contributed by atoms with Crippen LogP contribution in [0.5, 0.6) is 0 Å². The SMILES string of the molecule is CCCS(=O)(=O)c1ccccc1SC(C)C(=O)N1CCNC[C@H]1C. The van der Waals surface area contributed by atoms with E-state index in [4.69, 9.17) is 0 Å². The van der Waals surface area contributed by atoms with Gasteiger partial charge in [-0.1, -0.05) is 19.1 Å². The Kier molecular flexibility index (Phi) is 6.71. The van der Waals surface area contributed by atoms with Crippen LogP contribution in [0.15, 0.2) is 34.1 Å². The Balaban J connectivity index is 2.17. The van der Waals surface area contributed by atoms with Crippen LogP contribution < -0.4 is 5.32 Å². The van der Waals surface area contributed by atoms with E-state index in [1.54, 1.807) is 18.2 Å². The zero-order valence-electron chi connectivity index (χ0n) is 14.5. The van der Waals surface area contributed by atoms with E-state index in [0.29, 0.717) is 22.8 Å². The Bertz CT molecular complexity index is 676. The molecule has 1 amide bonds. The first-order valence-corrected chi connectivity index (χ1v) is 10.9. The van der Waals surface area contributed by atoms with Crippen molar-refractivity contribution in [3.63, 3.8) is 0 Å². The summed E-state index contributed by atoms with van der Waals surface area (Å²) in [5.74, 6) is 0.193. The lowest BCUT2D eigenvalue weighted by molar-refractivity contribution is -0.133. The van der Waals surface area contributed by atoms with Crippen molar-refractivity contribution in [1.82, 2.24) is 10.2 Å². The number of nitrogens with zero attached hydrogens (tertiary/aromatic N) is 1. The van der Waals surface area contributed by atoms with E-state index in [2.05, 4.69) is 5.32 Å². The van der Waals surface area contributed by atoms with Gasteiger partial charge in [-0.2, -0.15) is 0 Å². The maximum Gasteiger partial charge on any atom is 0.236 e. The molecule has 1 aromatic carbocycles. The number of nitrogens with one attached hydrogen (secondary N) is 1. The zero-order valence-corrected chi connectivity index (χ0v) is 16.1. The highest BCUT2D eigenvalue weighted by atomic mass is 32.2. The molecule has 7 heteroatoms. The van der Waals surface area contributed by atoms with Crippen LogP contribution in [0.3, 0.4) is 0 Å². The molecule has 1 fully saturated rings. The number of carbonyl (C=O) groups is 1. The molecule has 1 aromatic rings. The Hall–Kier alpha value is -1.05. The van der Waals surface area contributed by atoms with Crippen molar-refractivity contribution in [2.75, 3.05) is 25.4 Å². The van der Waals surface area contributed by atoms with Crippen molar-refractivity contribution in [3.8, 4) is 0 Å². The summed E-state index contributed by atoms with van der Waals surface area (Å²) >= 11 is 1.34. The van der Waals surface area contributed by atoms with E-state index in [1.807, 2.05) is 31.7 Å². The molecule has 24 heavy (non-hydrogen) atoms. The summed E-state index contributed by atoms with van der Waals surface area (Å²) in [6.07, 6.45) is 0.577. The summed E-state index contributed by atoms with van der Waals surface area (Å²) in [6.45, 7) is 8.03. The molecule has 1 aliphatic rings. The lowest BCUT2D eigenvalue weighted by atomic mass is 10.2. The summed E-state index contributed by atoms with van der Waals surface area (Å²) in [5, 5.41) is 2.95. The summed E-state index contributed by atoms with van der Waals surface area (Å²) in [5.41, 5.74) is 0. The van der Waals surface area contributed by atoms with Crippen molar-refractivity contribution in [1.29, 1.82) is 0 Å². The fourth-order valence-corrected chi connectivity index (χ4v) is 5.73. The van der Waals surface area contributed by atoms with Gasteiger partial charge in [0.1, 0.15) is 0 Å². The smallest absolute Gasteiger partial charge is 0.236 e. The lowest BCUT2D eigenvalue weighted by Crippen LogP contribution is -2.54. The van der Waals surface area contributed by atoms with Crippen molar-refractivity contribution in [3.05, 3.63) is 24.3 Å². The maximum atomic E-state index is 12.7. The van der Waals surface area contributed by atoms with Crippen molar-refractivity contribution in [2.24, 2.45) is 0 Å². The van der Waals surface area contributed by atoms with Gasteiger partial charge < -0.3 is 10.2 Å². The molecule has 0 aliphatic carbocycles. The fourth-order valence-electron chi connectivity index (χ4n) is 2.83. The highest BCUT2D eigenvalue weighted by Crippen LogP contribution is 2.31. The van der Waals surface area contributed by atoms with Gasteiger partial charge in [-0.05, 0) is 32.4 Å². The van der Waals surface area contributed by atoms with Crippen LogP contribution in [-0.2, 0) is 14.6 Å². The summed E-state index contributed by atoms with van der Waals surface area (Å²) in [7, 11) is -3.30. The van der Waals surface area contributed by atoms with Gasteiger partial charge in [0.05, 0.1) is 15.9 Å². The molecule has 0 bridgehead atoms. The molecule has 1 saturated heterocycles. The predicted molar refractivity (Wildman–Crippen MR) is 98.1 cm³/mol. The normalized spacial score (nSPS) is 20.0. The van der Waals surface area contributed by atoms with Crippen LogP contribution in [0.1, 0.15) is 27.2 Å². The first-order valence-electron chi connectivity index (χ1n) is 8.36. The number of amides is 1. The predicted octanol–water partition coefficient (Wildman–Crippen LogP) is 2.17. The van der Waals surface area contributed by atoms with Gasteiger partial charge >= 0.3 is 0 Å². The number of piperazine rings is 1. The molecule has 0 aromatic heterocycles. The summed E-state index contributed by atoms with van der Waals surface area (Å²) in [4.78, 5) is 15.6. The lowest BCUT2D eigenvalue weighted by Gasteiger charge is -2.35. The summed E-state index contributed by atoms with van der Waals surface area (Å²) in [6, 6.07) is 7.14. The first kappa shape index (κ1) is 19.3. The highest BCUT2D eigenvalue weighted by Gasteiger charge is 2.28. The number of thioether (sulfide) groups is 1. The molecule has 5 nitrogen and oxygen atoms in total. The number of sulfone groups is 1. The molecule has 1 heterocycles. The second-order valence-electron chi connectivity index (χ2n) is 6.11. The minimum Gasteiger partial charge on any atom is -0.336 e.